The Balaban J connectivity index is 1.87. The van der Waals surface area contributed by atoms with Crippen LogP contribution in [0.25, 0.3) is 0 Å². The van der Waals surface area contributed by atoms with Gasteiger partial charge in [0.2, 0.25) is 0 Å². The Hall–Kier alpha value is -2.58. The van der Waals surface area contributed by atoms with Crippen molar-refractivity contribution < 1.29 is 13.2 Å². The van der Waals surface area contributed by atoms with E-state index in [-0.39, 0.29) is 10.8 Å². The van der Waals surface area contributed by atoms with E-state index in [0.29, 0.717) is 17.1 Å². The summed E-state index contributed by atoms with van der Waals surface area (Å²) in [6, 6.07) is 16.7. The van der Waals surface area contributed by atoms with Crippen LogP contribution in [0.15, 0.2) is 76.2 Å². The largest absolute Gasteiger partial charge is 0.345 e. The molecule has 1 N–H and O–H groups in total. The minimum absolute atomic E-state index is 0.0970. The van der Waals surface area contributed by atoms with E-state index in [9.17, 15) is 13.2 Å². The molecular weight excluding hydrogens is 430 g/mol. The third-order valence-corrected chi connectivity index (χ3v) is 6.29. The van der Waals surface area contributed by atoms with Crippen molar-refractivity contribution in [3.8, 4) is 0 Å². The lowest BCUT2D eigenvalue weighted by Gasteiger charge is -2.19. The van der Waals surface area contributed by atoms with Gasteiger partial charge in [0, 0.05) is 30.5 Å². The molecule has 0 fully saturated rings. The predicted molar refractivity (Wildman–Crippen MR) is 110 cm³/mol. The van der Waals surface area contributed by atoms with Gasteiger partial charge in [-0.3, -0.25) is 9.10 Å². The van der Waals surface area contributed by atoms with Gasteiger partial charge in [-0.05, 0) is 52.3 Å². The average Bonchev–Trinajstić information content (AvgIpc) is 3.00. The summed E-state index contributed by atoms with van der Waals surface area (Å²) in [6.07, 6.45) is 1.77. The lowest BCUT2D eigenvalue weighted by Crippen LogP contribution is -2.26. The van der Waals surface area contributed by atoms with Gasteiger partial charge in [0.15, 0.2) is 0 Å². The Kier molecular flexibility index (Phi) is 5.38. The second-order valence-corrected chi connectivity index (χ2v) is 8.83. The smallest absolute Gasteiger partial charge is 0.272 e. The predicted octanol–water partition coefficient (Wildman–Crippen LogP) is 3.87. The molecule has 6 nitrogen and oxygen atoms in total. The number of aromatic nitrogens is 1. The highest BCUT2D eigenvalue weighted by Crippen LogP contribution is 2.24. The lowest BCUT2D eigenvalue weighted by molar-refractivity contribution is 0.101. The summed E-state index contributed by atoms with van der Waals surface area (Å²) in [4.78, 5) is 12.5. The average molecular weight is 448 g/mol. The van der Waals surface area contributed by atoms with Crippen molar-refractivity contribution in [1.29, 1.82) is 0 Å². The van der Waals surface area contributed by atoms with Crippen LogP contribution in [0.4, 0.5) is 11.4 Å². The molecule has 8 heteroatoms. The number of benzene rings is 2. The molecule has 3 aromatic rings. The number of sulfonamides is 1. The van der Waals surface area contributed by atoms with Crippen LogP contribution in [-0.4, -0.2) is 25.9 Å². The van der Waals surface area contributed by atoms with Crippen LogP contribution < -0.4 is 9.62 Å². The second kappa shape index (κ2) is 7.58. The molecule has 3 rings (SSSR count). The van der Waals surface area contributed by atoms with Crippen molar-refractivity contribution in [2.45, 2.75) is 4.90 Å². The van der Waals surface area contributed by atoms with Gasteiger partial charge >= 0.3 is 0 Å². The highest BCUT2D eigenvalue weighted by Gasteiger charge is 2.22. The summed E-state index contributed by atoms with van der Waals surface area (Å²) < 4.78 is 29.5. The molecular formula is C19H18BrN3O3S. The number of carbonyl (C=O) groups excluding carboxylic acids is 1. The molecule has 0 unspecified atom stereocenters. The fourth-order valence-electron chi connectivity index (χ4n) is 2.61. The molecule has 0 aliphatic carbocycles. The molecule has 2 aromatic carbocycles. The standard InChI is InChI=1S/C19H18BrN3O3S/c1-22-13-14(20)11-18(22)19(24)21-15-7-6-10-17(12-15)27(25,26)23(2)16-8-4-3-5-9-16/h3-13H,1-2H3,(H,21,24). The van der Waals surface area contributed by atoms with Gasteiger partial charge in [-0.1, -0.05) is 24.3 Å². The number of aryl methyl sites for hydroxylation is 1. The number of hydrogen-bond acceptors (Lipinski definition) is 3. The zero-order valence-electron chi connectivity index (χ0n) is 14.8. The molecule has 0 atom stereocenters. The van der Waals surface area contributed by atoms with Crippen molar-refractivity contribution in [2.24, 2.45) is 7.05 Å². The minimum Gasteiger partial charge on any atom is -0.345 e. The highest BCUT2D eigenvalue weighted by atomic mass is 79.9. The van der Waals surface area contributed by atoms with Crippen LogP contribution in [0, 0.1) is 0 Å². The number of carbonyl (C=O) groups is 1. The van der Waals surface area contributed by atoms with Crippen LogP contribution in [0.2, 0.25) is 0 Å². The first-order valence-electron chi connectivity index (χ1n) is 8.06. The summed E-state index contributed by atoms with van der Waals surface area (Å²) >= 11 is 3.33. The maximum Gasteiger partial charge on any atom is 0.272 e. The molecule has 1 aromatic heterocycles. The first-order chi connectivity index (χ1) is 12.8. The SMILES string of the molecule is CN(c1ccccc1)S(=O)(=O)c1cccc(NC(=O)c2cc(Br)cn2C)c1. The number of anilines is 2. The van der Waals surface area contributed by atoms with Crippen molar-refractivity contribution in [3.63, 3.8) is 0 Å². The van der Waals surface area contributed by atoms with Crippen LogP contribution in [-0.2, 0) is 17.1 Å². The fraction of sp³-hybridized carbons (Fsp3) is 0.105. The number of amides is 1. The number of nitrogens with one attached hydrogen (secondary N) is 1. The number of nitrogens with zero attached hydrogens (tertiary/aromatic N) is 2. The molecule has 0 aliphatic rings. The van der Waals surface area contributed by atoms with Crippen LogP contribution >= 0.6 is 15.9 Å². The van der Waals surface area contributed by atoms with E-state index in [2.05, 4.69) is 21.2 Å². The highest BCUT2D eigenvalue weighted by molar-refractivity contribution is 9.10. The molecule has 0 saturated heterocycles. The van der Waals surface area contributed by atoms with Crippen LogP contribution in [0.3, 0.4) is 0 Å². The van der Waals surface area contributed by atoms with Gasteiger partial charge in [-0.25, -0.2) is 8.42 Å². The summed E-state index contributed by atoms with van der Waals surface area (Å²) in [5.74, 6) is -0.325. The number of hydrogen-bond donors (Lipinski definition) is 1. The quantitative estimate of drug-likeness (QED) is 0.645. The van der Waals surface area contributed by atoms with Gasteiger partial charge < -0.3 is 9.88 Å². The van der Waals surface area contributed by atoms with Crippen molar-refractivity contribution in [2.75, 3.05) is 16.7 Å². The van der Waals surface area contributed by atoms with Gasteiger partial charge in [-0.15, -0.1) is 0 Å². The Morgan fingerprint density at radius 2 is 1.78 bits per heavy atom. The van der Waals surface area contributed by atoms with Crippen LogP contribution in [0.5, 0.6) is 0 Å². The zero-order chi connectivity index (χ0) is 19.6. The second-order valence-electron chi connectivity index (χ2n) is 5.94. The minimum atomic E-state index is -3.75. The first-order valence-corrected chi connectivity index (χ1v) is 10.3. The van der Waals surface area contributed by atoms with E-state index < -0.39 is 10.0 Å². The molecule has 0 saturated carbocycles. The Morgan fingerprint density at radius 3 is 2.41 bits per heavy atom. The van der Waals surface area contributed by atoms with Gasteiger partial charge in [0.25, 0.3) is 15.9 Å². The topological polar surface area (TPSA) is 71.4 Å². The number of rotatable bonds is 5. The Labute approximate surface area is 166 Å². The van der Waals surface area contributed by atoms with Gasteiger partial charge in [-0.2, -0.15) is 0 Å². The summed E-state index contributed by atoms with van der Waals surface area (Å²) in [5.41, 5.74) is 1.41. The van der Waals surface area contributed by atoms with E-state index in [1.165, 1.54) is 23.5 Å². The third kappa shape index (κ3) is 4.06. The maximum absolute atomic E-state index is 12.9. The van der Waals surface area contributed by atoms with E-state index in [1.807, 2.05) is 6.07 Å². The molecule has 0 bridgehead atoms. The van der Waals surface area contributed by atoms with Crippen molar-refractivity contribution in [1.82, 2.24) is 4.57 Å². The molecule has 1 amide bonds. The van der Waals surface area contributed by atoms with Gasteiger partial charge in [0.05, 0.1) is 10.6 Å². The fourth-order valence-corrected chi connectivity index (χ4v) is 4.38. The third-order valence-electron chi connectivity index (χ3n) is 4.07. The van der Waals surface area contributed by atoms with Crippen LogP contribution in [0.1, 0.15) is 10.5 Å². The number of halogens is 1. The molecule has 27 heavy (non-hydrogen) atoms. The van der Waals surface area contributed by atoms with E-state index in [1.54, 1.807) is 60.3 Å². The monoisotopic (exact) mass is 447 g/mol. The van der Waals surface area contributed by atoms with E-state index >= 15 is 0 Å². The van der Waals surface area contributed by atoms with Crippen molar-refractivity contribution in [3.05, 3.63) is 77.0 Å². The Morgan fingerprint density at radius 1 is 1.07 bits per heavy atom. The molecule has 140 valence electrons. The van der Waals surface area contributed by atoms with E-state index in [4.69, 9.17) is 0 Å². The molecule has 0 radical (unpaired) electrons. The number of para-hydroxylation sites is 1. The molecule has 0 spiro atoms. The Bertz CT molecular complexity index is 1080. The maximum atomic E-state index is 12.9. The summed E-state index contributed by atoms with van der Waals surface area (Å²) in [7, 11) is -0.493. The van der Waals surface area contributed by atoms with E-state index in [0.717, 1.165) is 4.47 Å². The summed E-state index contributed by atoms with van der Waals surface area (Å²) in [5, 5.41) is 2.74. The zero-order valence-corrected chi connectivity index (χ0v) is 17.2. The van der Waals surface area contributed by atoms with Crippen molar-refractivity contribution >= 4 is 43.2 Å². The summed E-state index contributed by atoms with van der Waals surface area (Å²) in [6.45, 7) is 0. The first kappa shape index (κ1) is 19.2. The molecule has 1 heterocycles. The molecule has 0 aliphatic heterocycles. The normalized spacial score (nSPS) is 11.2. The van der Waals surface area contributed by atoms with Gasteiger partial charge in [0.1, 0.15) is 5.69 Å². The lowest BCUT2D eigenvalue weighted by atomic mass is 10.3.